The Bertz CT molecular complexity index is 1280. The lowest BCUT2D eigenvalue weighted by molar-refractivity contribution is -0.154. The first-order chi connectivity index (χ1) is 18.0. The van der Waals surface area contributed by atoms with E-state index in [9.17, 15) is 19.5 Å². The molecule has 3 aliphatic heterocycles. The van der Waals surface area contributed by atoms with Crippen LogP contribution in [0.25, 0.3) is 0 Å². The molecule has 8 nitrogen and oxygen atoms in total. The summed E-state index contributed by atoms with van der Waals surface area (Å²) in [6.45, 7) is 6.53. The molecule has 1 unspecified atom stereocenters. The number of β-lactam (4-membered cyclic amide) rings is 1. The number of hydrogen-bond acceptors (Lipinski definition) is 6. The van der Waals surface area contributed by atoms with E-state index in [-0.39, 0.29) is 37.8 Å². The molecule has 2 fully saturated rings. The maximum absolute atomic E-state index is 15.6. The minimum Gasteiger partial charge on any atom is -0.441 e. The number of carbonyl (C=O) groups excluding carboxylic acids is 3. The van der Waals surface area contributed by atoms with Gasteiger partial charge in [0.2, 0.25) is 14.3 Å². The molecule has 0 radical (unpaired) electrons. The third kappa shape index (κ3) is 4.15. The minimum atomic E-state index is -3.25. The third-order valence-electron chi connectivity index (χ3n) is 8.02. The molecule has 5 atom stereocenters. The molecule has 0 bridgehead atoms. The molecule has 0 saturated carbocycles. The van der Waals surface area contributed by atoms with Gasteiger partial charge in [-0.15, -0.1) is 0 Å². The molecule has 10 heteroatoms. The first kappa shape index (κ1) is 26.5. The van der Waals surface area contributed by atoms with Crippen molar-refractivity contribution >= 4 is 37.6 Å². The third-order valence-corrected chi connectivity index (χ3v) is 10.5. The summed E-state index contributed by atoms with van der Waals surface area (Å²) in [6.07, 6.45) is -0.807. The Labute approximate surface area is 222 Å². The number of hydrogen-bond donors (Lipinski definition) is 1. The van der Waals surface area contributed by atoms with Gasteiger partial charge in [-0.05, 0) is 43.3 Å². The zero-order chi connectivity index (χ0) is 27.4. The number of aliphatic hydroxyl groups excluding tert-OH is 1. The summed E-state index contributed by atoms with van der Waals surface area (Å²) < 4.78 is 27.3. The number of anilines is 2. The van der Waals surface area contributed by atoms with Crippen molar-refractivity contribution in [3.63, 3.8) is 0 Å². The van der Waals surface area contributed by atoms with Crippen LogP contribution in [0, 0.1) is 5.92 Å². The van der Waals surface area contributed by atoms with Gasteiger partial charge in [0.1, 0.15) is 0 Å². The fourth-order valence-corrected chi connectivity index (χ4v) is 9.07. The fourth-order valence-electron chi connectivity index (χ4n) is 6.53. The van der Waals surface area contributed by atoms with Crippen LogP contribution in [0.1, 0.15) is 37.8 Å². The molecular formula is C28H33FN2O6Si. The molecule has 0 aromatic heterocycles. The molecule has 2 aromatic carbocycles. The molecular weight excluding hydrogens is 507 g/mol. The van der Waals surface area contributed by atoms with Crippen LogP contribution in [0.3, 0.4) is 0 Å². The lowest BCUT2D eigenvalue weighted by atomic mass is 9.82. The van der Waals surface area contributed by atoms with Gasteiger partial charge in [0, 0.05) is 36.2 Å². The van der Waals surface area contributed by atoms with E-state index in [0.717, 1.165) is 5.56 Å². The number of fused-ring (bicyclic) bond motifs is 2. The number of halogens is 1. The largest absolute Gasteiger partial charge is 0.441 e. The number of para-hydroxylation sites is 1. The molecule has 5 rings (SSSR count). The number of carbonyl (C=O) groups is 3. The first-order valence-electron chi connectivity index (χ1n) is 13.0. The number of ether oxygens (including phenoxy) is 2. The first-order valence-corrected chi connectivity index (χ1v) is 15.9. The zero-order valence-corrected chi connectivity index (χ0v) is 23.0. The van der Waals surface area contributed by atoms with Gasteiger partial charge in [-0.3, -0.25) is 19.3 Å². The molecule has 2 amide bonds. The number of aliphatic hydroxyl groups is 1. The average molecular weight is 541 g/mol. The Morgan fingerprint density at radius 2 is 1.95 bits per heavy atom. The molecule has 1 spiro atoms. The fraction of sp³-hybridized carbons (Fsp3) is 0.464. The van der Waals surface area contributed by atoms with Gasteiger partial charge in [-0.1, -0.05) is 37.3 Å². The number of esters is 1. The van der Waals surface area contributed by atoms with E-state index < -0.39 is 43.8 Å². The van der Waals surface area contributed by atoms with Crippen molar-refractivity contribution < 1.29 is 33.1 Å². The summed E-state index contributed by atoms with van der Waals surface area (Å²) >= 11 is 0. The Kier molecular flexibility index (Phi) is 6.69. The van der Waals surface area contributed by atoms with Crippen molar-refractivity contribution in [2.45, 2.75) is 69.8 Å². The molecule has 3 heterocycles. The molecule has 1 N–H and O–H groups in total. The Morgan fingerprint density at radius 1 is 1.21 bits per heavy atom. The topological polar surface area (TPSA) is 96.4 Å². The number of nitrogens with zero attached hydrogens (tertiary/aromatic N) is 2. The molecule has 2 saturated heterocycles. The van der Waals surface area contributed by atoms with Gasteiger partial charge in [-0.25, -0.2) is 0 Å². The number of rotatable bonds is 7. The average Bonchev–Trinajstić information content (AvgIpc) is 3.26. The molecule has 3 aliphatic rings. The van der Waals surface area contributed by atoms with Crippen molar-refractivity contribution in [1.29, 1.82) is 0 Å². The van der Waals surface area contributed by atoms with E-state index in [1.165, 1.54) is 11.8 Å². The molecule has 0 aliphatic carbocycles. The maximum Gasteiger partial charge on any atom is 0.304 e. The summed E-state index contributed by atoms with van der Waals surface area (Å²) in [5.74, 6) is -1.28. The van der Waals surface area contributed by atoms with Crippen molar-refractivity contribution in [2.24, 2.45) is 5.92 Å². The standard InChI is InChI=1S/C28H33FN2O6Si/c1-17-26(38(3,4)29)23(12-13-32)37-28(17)21-10-5-6-11-22(21)30(27(28)35)16-19-8-7-9-20(14-19)31-24(34)15-25(31)36-18(2)33/h5-11,14,17,23,25-26,32H,12-13,15-16H2,1-4H3/t17-,23+,25?,26-,28+/m1/s1. The maximum atomic E-state index is 15.6. The van der Waals surface area contributed by atoms with Crippen molar-refractivity contribution in [3.8, 4) is 0 Å². The van der Waals surface area contributed by atoms with Crippen LogP contribution in [-0.2, 0) is 36.0 Å². The Morgan fingerprint density at radius 3 is 2.61 bits per heavy atom. The second-order valence-electron chi connectivity index (χ2n) is 10.9. The normalized spacial score (nSPS) is 28.6. The number of amides is 2. The van der Waals surface area contributed by atoms with Crippen LogP contribution in [0.5, 0.6) is 0 Å². The van der Waals surface area contributed by atoms with Gasteiger partial charge in [-0.2, -0.15) is 0 Å². The van der Waals surface area contributed by atoms with Gasteiger partial charge in [0.25, 0.3) is 5.91 Å². The zero-order valence-electron chi connectivity index (χ0n) is 22.0. The highest BCUT2D eigenvalue weighted by Gasteiger charge is 2.66. The van der Waals surface area contributed by atoms with Crippen molar-refractivity contribution in [3.05, 3.63) is 59.7 Å². The van der Waals surface area contributed by atoms with Crippen molar-refractivity contribution in [2.75, 3.05) is 16.4 Å². The Hall–Kier alpha value is -3.08. The van der Waals surface area contributed by atoms with E-state index in [1.807, 2.05) is 43.3 Å². The van der Waals surface area contributed by atoms with Crippen LogP contribution >= 0.6 is 0 Å². The molecule has 2 aromatic rings. The summed E-state index contributed by atoms with van der Waals surface area (Å²) in [5.41, 5.74) is 0.991. The van der Waals surface area contributed by atoms with Crippen molar-refractivity contribution in [1.82, 2.24) is 0 Å². The van der Waals surface area contributed by atoms with Crippen LogP contribution in [-0.4, -0.2) is 50.2 Å². The molecule has 38 heavy (non-hydrogen) atoms. The SMILES string of the molecule is CC(=O)OC1CC(=O)N1c1cccc(CN2C(=O)[C@@]3(O[C@@H](CCO)[C@H]([Si](C)(C)F)[C@H]3C)c3ccccc32)c1. The highest BCUT2D eigenvalue weighted by Crippen LogP contribution is 2.60. The Balaban J connectivity index is 1.48. The van der Waals surface area contributed by atoms with Gasteiger partial charge in [0.05, 0.1) is 24.8 Å². The van der Waals surface area contributed by atoms with E-state index in [4.69, 9.17) is 9.47 Å². The van der Waals surface area contributed by atoms with Crippen LogP contribution in [0.15, 0.2) is 48.5 Å². The monoisotopic (exact) mass is 540 g/mol. The van der Waals surface area contributed by atoms with Crippen LogP contribution in [0.4, 0.5) is 15.5 Å². The smallest absolute Gasteiger partial charge is 0.304 e. The van der Waals surface area contributed by atoms with E-state index in [1.54, 1.807) is 30.1 Å². The lowest BCUT2D eigenvalue weighted by Gasteiger charge is -2.39. The predicted molar refractivity (Wildman–Crippen MR) is 141 cm³/mol. The van der Waals surface area contributed by atoms with Crippen LogP contribution < -0.4 is 9.80 Å². The summed E-state index contributed by atoms with van der Waals surface area (Å²) in [7, 11) is -3.25. The minimum absolute atomic E-state index is 0.129. The van der Waals surface area contributed by atoms with Gasteiger partial charge in [0.15, 0.2) is 11.8 Å². The quantitative estimate of drug-likeness (QED) is 0.247. The highest BCUT2D eigenvalue weighted by molar-refractivity contribution is 6.72. The summed E-state index contributed by atoms with van der Waals surface area (Å²) in [5, 5.41) is 9.68. The second-order valence-corrected chi connectivity index (χ2v) is 14.7. The summed E-state index contributed by atoms with van der Waals surface area (Å²) in [4.78, 5) is 41.1. The van der Waals surface area contributed by atoms with E-state index in [0.29, 0.717) is 16.9 Å². The van der Waals surface area contributed by atoms with E-state index in [2.05, 4.69) is 0 Å². The lowest BCUT2D eigenvalue weighted by Crippen LogP contribution is -2.54. The van der Waals surface area contributed by atoms with Gasteiger partial charge < -0.3 is 23.6 Å². The summed E-state index contributed by atoms with van der Waals surface area (Å²) in [6, 6.07) is 14.7. The highest BCUT2D eigenvalue weighted by atomic mass is 28.4. The van der Waals surface area contributed by atoms with E-state index >= 15 is 4.11 Å². The molecule has 202 valence electrons. The predicted octanol–water partition coefficient (Wildman–Crippen LogP) is 4.02. The van der Waals surface area contributed by atoms with Crippen LogP contribution in [0.2, 0.25) is 18.6 Å². The van der Waals surface area contributed by atoms with Gasteiger partial charge >= 0.3 is 5.97 Å². The number of benzene rings is 2. The second kappa shape index (κ2) is 9.59.